The Kier molecular flexibility index (Phi) is 3.40. The van der Waals surface area contributed by atoms with Crippen LogP contribution in [0.25, 0.3) is 10.7 Å². The van der Waals surface area contributed by atoms with E-state index in [1.54, 1.807) is 18.4 Å². The molecular formula is C10H13N3OS2. The van der Waals surface area contributed by atoms with Crippen LogP contribution in [0.1, 0.15) is 13.3 Å². The largest absolute Gasteiger partial charge is 0.495 e. The average Bonchev–Trinajstić information content (AvgIpc) is 2.87. The van der Waals surface area contributed by atoms with Crippen molar-refractivity contribution in [2.75, 3.05) is 7.11 Å². The number of ether oxygens (including phenoxy) is 1. The molecule has 0 aliphatic heterocycles. The molecule has 0 amide bonds. The van der Waals surface area contributed by atoms with Crippen molar-refractivity contribution in [3.05, 3.63) is 16.2 Å². The molecule has 0 radical (unpaired) electrons. The lowest BCUT2D eigenvalue weighted by Crippen LogP contribution is -1.99. The average molecular weight is 255 g/mol. The SMILES string of the molecule is CCCn1c(-c2sccc2OC)n[nH]c1=S. The highest BCUT2D eigenvalue weighted by Gasteiger charge is 2.14. The topological polar surface area (TPSA) is 42.8 Å². The third-order valence-corrected chi connectivity index (χ3v) is 3.46. The number of methoxy groups -OCH3 is 1. The standard InChI is InChI=1S/C10H13N3OS2/c1-3-5-13-9(11-12-10(13)15)8-7(14-2)4-6-16-8/h4,6H,3,5H2,1-2H3,(H,12,15). The Morgan fingerprint density at radius 3 is 3.12 bits per heavy atom. The second-order valence-corrected chi connectivity index (χ2v) is 4.62. The molecule has 0 saturated carbocycles. The summed E-state index contributed by atoms with van der Waals surface area (Å²) in [5, 5.41) is 9.08. The molecule has 6 heteroatoms. The van der Waals surface area contributed by atoms with Gasteiger partial charge in [0.25, 0.3) is 0 Å². The van der Waals surface area contributed by atoms with Crippen LogP contribution in [0.15, 0.2) is 11.4 Å². The van der Waals surface area contributed by atoms with Gasteiger partial charge < -0.3 is 4.74 Å². The molecule has 0 fully saturated rings. The first-order valence-corrected chi connectivity index (χ1v) is 6.33. The van der Waals surface area contributed by atoms with Gasteiger partial charge in [-0.3, -0.25) is 9.67 Å². The number of rotatable bonds is 4. The smallest absolute Gasteiger partial charge is 0.195 e. The number of thiophene rings is 1. The summed E-state index contributed by atoms with van der Waals surface area (Å²) in [6.45, 7) is 2.98. The van der Waals surface area contributed by atoms with E-state index in [0.29, 0.717) is 4.77 Å². The Balaban J connectivity index is 2.51. The summed E-state index contributed by atoms with van der Waals surface area (Å²) in [6.07, 6.45) is 1.02. The number of aromatic nitrogens is 3. The first-order chi connectivity index (χ1) is 7.77. The monoisotopic (exact) mass is 255 g/mol. The Labute approximate surface area is 103 Å². The van der Waals surface area contributed by atoms with Gasteiger partial charge in [0.1, 0.15) is 10.6 Å². The normalized spacial score (nSPS) is 10.6. The van der Waals surface area contributed by atoms with Gasteiger partial charge in [0.05, 0.1) is 7.11 Å². The third-order valence-electron chi connectivity index (χ3n) is 2.26. The van der Waals surface area contributed by atoms with E-state index in [0.717, 1.165) is 29.4 Å². The van der Waals surface area contributed by atoms with Crippen LogP contribution < -0.4 is 4.74 Å². The maximum Gasteiger partial charge on any atom is 0.195 e. The Morgan fingerprint density at radius 1 is 1.62 bits per heavy atom. The molecule has 4 nitrogen and oxygen atoms in total. The molecular weight excluding hydrogens is 242 g/mol. The maximum absolute atomic E-state index is 5.29. The van der Waals surface area contributed by atoms with E-state index in [-0.39, 0.29) is 0 Å². The summed E-state index contributed by atoms with van der Waals surface area (Å²) in [4.78, 5) is 1.02. The molecule has 2 heterocycles. The molecule has 0 bridgehead atoms. The van der Waals surface area contributed by atoms with Gasteiger partial charge in [0, 0.05) is 6.54 Å². The molecule has 0 aliphatic rings. The van der Waals surface area contributed by atoms with Crippen molar-refractivity contribution in [2.24, 2.45) is 0 Å². The molecule has 0 aromatic carbocycles. The Bertz CT molecular complexity index is 526. The van der Waals surface area contributed by atoms with E-state index in [2.05, 4.69) is 17.1 Å². The van der Waals surface area contributed by atoms with Crippen LogP contribution in [0, 0.1) is 4.77 Å². The number of nitrogens with one attached hydrogen (secondary N) is 1. The summed E-state index contributed by atoms with van der Waals surface area (Å²) >= 11 is 6.81. The van der Waals surface area contributed by atoms with Crippen LogP contribution in [-0.2, 0) is 6.54 Å². The zero-order valence-electron chi connectivity index (χ0n) is 9.19. The first kappa shape index (κ1) is 11.3. The minimum atomic E-state index is 0.660. The van der Waals surface area contributed by atoms with Crippen LogP contribution in [0.4, 0.5) is 0 Å². The molecule has 86 valence electrons. The van der Waals surface area contributed by atoms with Crippen molar-refractivity contribution in [1.29, 1.82) is 0 Å². The fourth-order valence-corrected chi connectivity index (χ4v) is 2.62. The van der Waals surface area contributed by atoms with Gasteiger partial charge >= 0.3 is 0 Å². The zero-order valence-corrected chi connectivity index (χ0v) is 10.8. The number of H-pyrrole nitrogens is 1. The lowest BCUT2D eigenvalue weighted by Gasteiger charge is -2.04. The molecule has 1 N–H and O–H groups in total. The number of hydrogen-bond donors (Lipinski definition) is 1. The van der Waals surface area contributed by atoms with Crippen LogP contribution in [0.5, 0.6) is 5.75 Å². The Hall–Kier alpha value is -1.14. The van der Waals surface area contributed by atoms with Crippen molar-refractivity contribution in [3.8, 4) is 16.5 Å². The summed E-state index contributed by atoms with van der Waals surface area (Å²) in [6, 6.07) is 1.94. The van der Waals surface area contributed by atoms with Crippen molar-refractivity contribution in [1.82, 2.24) is 14.8 Å². The molecule has 2 aromatic rings. The first-order valence-electron chi connectivity index (χ1n) is 5.05. The van der Waals surface area contributed by atoms with Gasteiger partial charge in [-0.05, 0) is 30.1 Å². The number of aromatic amines is 1. The highest BCUT2D eigenvalue weighted by molar-refractivity contribution is 7.71. The zero-order chi connectivity index (χ0) is 11.5. The minimum Gasteiger partial charge on any atom is -0.495 e. The molecule has 0 atom stereocenters. The minimum absolute atomic E-state index is 0.660. The van der Waals surface area contributed by atoms with Crippen molar-refractivity contribution >= 4 is 23.6 Å². The molecule has 0 aliphatic carbocycles. The van der Waals surface area contributed by atoms with Crippen LogP contribution in [0.3, 0.4) is 0 Å². The summed E-state index contributed by atoms with van der Waals surface area (Å²) in [5.41, 5.74) is 0. The van der Waals surface area contributed by atoms with Gasteiger partial charge in [0.15, 0.2) is 10.6 Å². The molecule has 16 heavy (non-hydrogen) atoms. The molecule has 0 saturated heterocycles. The van der Waals surface area contributed by atoms with Crippen LogP contribution in [-0.4, -0.2) is 21.9 Å². The maximum atomic E-state index is 5.29. The fraction of sp³-hybridized carbons (Fsp3) is 0.400. The quantitative estimate of drug-likeness (QED) is 0.854. The Morgan fingerprint density at radius 2 is 2.44 bits per heavy atom. The van der Waals surface area contributed by atoms with E-state index < -0.39 is 0 Å². The summed E-state index contributed by atoms with van der Waals surface area (Å²) in [5.74, 6) is 1.70. The fourth-order valence-electron chi connectivity index (χ4n) is 1.54. The predicted molar refractivity (Wildman–Crippen MR) is 67.6 cm³/mol. The van der Waals surface area contributed by atoms with Crippen LogP contribution >= 0.6 is 23.6 Å². The summed E-state index contributed by atoms with van der Waals surface area (Å²) in [7, 11) is 1.66. The second kappa shape index (κ2) is 4.80. The highest BCUT2D eigenvalue weighted by Crippen LogP contribution is 2.34. The molecule has 0 spiro atoms. The van der Waals surface area contributed by atoms with Crippen molar-refractivity contribution in [3.63, 3.8) is 0 Å². The van der Waals surface area contributed by atoms with E-state index in [1.165, 1.54) is 0 Å². The molecule has 2 rings (SSSR count). The summed E-state index contributed by atoms with van der Waals surface area (Å²) < 4.78 is 7.95. The third kappa shape index (κ3) is 1.90. The van der Waals surface area contributed by atoms with Gasteiger partial charge in [-0.15, -0.1) is 11.3 Å². The van der Waals surface area contributed by atoms with Crippen molar-refractivity contribution < 1.29 is 4.74 Å². The number of hydrogen-bond acceptors (Lipinski definition) is 4. The van der Waals surface area contributed by atoms with Gasteiger partial charge in [-0.2, -0.15) is 5.10 Å². The van der Waals surface area contributed by atoms with Gasteiger partial charge in [-0.1, -0.05) is 6.92 Å². The second-order valence-electron chi connectivity index (χ2n) is 3.32. The van der Waals surface area contributed by atoms with E-state index in [4.69, 9.17) is 17.0 Å². The predicted octanol–water partition coefficient (Wildman–Crippen LogP) is 3.09. The van der Waals surface area contributed by atoms with Gasteiger partial charge in [-0.25, -0.2) is 0 Å². The lowest BCUT2D eigenvalue weighted by atomic mass is 10.4. The number of nitrogens with zero attached hydrogens (tertiary/aromatic N) is 2. The van der Waals surface area contributed by atoms with E-state index in [1.807, 2.05) is 16.0 Å². The van der Waals surface area contributed by atoms with E-state index >= 15 is 0 Å². The lowest BCUT2D eigenvalue weighted by molar-refractivity contribution is 0.417. The van der Waals surface area contributed by atoms with Crippen LogP contribution in [0.2, 0.25) is 0 Å². The van der Waals surface area contributed by atoms with Crippen molar-refractivity contribution in [2.45, 2.75) is 19.9 Å². The molecule has 0 unspecified atom stereocenters. The molecule has 2 aromatic heterocycles. The van der Waals surface area contributed by atoms with Gasteiger partial charge in [0.2, 0.25) is 0 Å². The van der Waals surface area contributed by atoms with E-state index in [9.17, 15) is 0 Å². The highest BCUT2D eigenvalue weighted by atomic mass is 32.1.